The van der Waals surface area contributed by atoms with Gasteiger partial charge in [-0.15, -0.1) is 0 Å². The Morgan fingerprint density at radius 1 is 1.19 bits per heavy atom. The van der Waals surface area contributed by atoms with Gasteiger partial charge in [-0.3, -0.25) is 4.79 Å². The van der Waals surface area contributed by atoms with Crippen molar-refractivity contribution in [2.75, 3.05) is 13.1 Å². The second-order valence-electron chi connectivity index (χ2n) is 7.08. The van der Waals surface area contributed by atoms with Crippen LogP contribution in [0.5, 0.6) is 11.6 Å². The van der Waals surface area contributed by atoms with Crippen LogP contribution in [0.2, 0.25) is 0 Å². The molecule has 1 aliphatic carbocycles. The molecule has 0 unspecified atom stereocenters. The fraction of sp³-hybridized carbons (Fsp3) is 0.333. The van der Waals surface area contributed by atoms with Gasteiger partial charge in [0, 0.05) is 37.5 Å². The van der Waals surface area contributed by atoms with Gasteiger partial charge in [0.2, 0.25) is 5.88 Å². The maximum Gasteiger partial charge on any atom is 0.317 e. The number of aromatic amines is 1. The number of carbonyl (C=O) groups is 1. The molecule has 2 heterocycles. The summed E-state index contributed by atoms with van der Waals surface area (Å²) in [6.07, 6.45) is 7.72. The number of nitrogens with one attached hydrogen (secondary N) is 2. The number of carbonyl (C=O) groups excluding carboxylic acids is 1. The number of aromatic nitrogens is 1. The molecule has 2 aromatic rings. The predicted octanol–water partition coefficient (Wildman–Crippen LogP) is 3.52. The highest BCUT2D eigenvalue weighted by molar-refractivity contribution is 5.75. The summed E-state index contributed by atoms with van der Waals surface area (Å²) in [5, 5.41) is 3.05. The van der Waals surface area contributed by atoms with Crippen LogP contribution in [0.15, 0.2) is 53.0 Å². The van der Waals surface area contributed by atoms with Crippen molar-refractivity contribution in [3.05, 3.63) is 64.0 Å². The third-order valence-corrected chi connectivity index (χ3v) is 4.80. The van der Waals surface area contributed by atoms with Gasteiger partial charge in [0.1, 0.15) is 5.75 Å². The van der Waals surface area contributed by atoms with E-state index in [-0.39, 0.29) is 11.5 Å². The minimum atomic E-state index is -0.0977. The van der Waals surface area contributed by atoms with Crippen LogP contribution in [0.1, 0.15) is 31.2 Å². The number of amides is 2. The summed E-state index contributed by atoms with van der Waals surface area (Å²) >= 11 is 0. The van der Waals surface area contributed by atoms with Crippen molar-refractivity contribution in [2.24, 2.45) is 0 Å². The van der Waals surface area contributed by atoms with Gasteiger partial charge in [0.05, 0.1) is 0 Å². The molecule has 2 fully saturated rings. The predicted molar refractivity (Wildman–Crippen MR) is 104 cm³/mol. The van der Waals surface area contributed by atoms with E-state index in [1.165, 1.54) is 17.7 Å². The van der Waals surface area contributed by atoms with Gasteiger partial charge in [-0.25, -0.2) is 4.79 Å². The molecule has 2 amide bonds. The van der Waals surface area contributed by atoms with Crippen molar-refractivity contribution in [3.63, 3.8) is 0 Å². The minimum Gasteiger partial charge on any atom is -0.441 e. The molecule has 4 rings (SSSR count). The Bertz CT molecular complexity index is 905. The molecule has 1 saturated heterocycles. The summed E-state index contributed by atoms with van der Waals surface area (Å²) in [5.74, 6) is 1.09. The maximum atomic E-state index is 12.1. The first-order valence-corrected chi connectivity index (χ1v) is 9.37. The summed E-state index contributed by atoms with van der Waals surface area (Å²) in [7, 11) is 0. The summed E-state index contributed by atoms with van der Waals surface area (Å²) in [6.45, 7) is 1.51. The SMILES string of the molecule is O=C(NC1CC1)N1CCC(=Cc2cccc(Oc3cc(=O)cc[nH]3)c2)CC1. The van der Waals surface area contributed by atoms with Gasteiger partial charge in [0.15, 0.2) is 5.43 Å². The van der Waals surface area contributed by atoms with E-state index in [0.717, 1.165) is 44.3 Å². The van der Waals surface area contributed by atoms with Gasteiger partial charge < -0.3 is 19.9 Å². The quantitative estimate of drug-likeness (QED) is 0.871. The molecular formula is C21H23N3O3. The number of nitrogens with zero attached hydrogens (tertiary/aromatic N) is 1. The topological polar surface area (TPSA) is 74.4 Å². The molecule has 1 aromatic heterocycles. The average Bonchev–Trinajstić information content (AvgIpc) is 3.47. The van der Waals surface area contributed by atoms with Crippen molar-refractivity contribution in [1.82, 2.24) is 15.2 Å². The van der Waals surface area contributed by atoms with Crippen LogP contribution >= 0.6 is 0 Å². The lowest BCUT2D eigenvalue weighted by molar-refractivity contribution is 0.193. The normalized spacial score (nSPS) is 16.7. The van der Waals surface area contributed by atoms with Crippen molar-refractivity contribution < 1.29 is 9.53 Å². The summed E-state index contributed by atoms with van der Waals surface area (Å²) in [4.78, 5) is 28.3. The second kappa shape index (κ2) is 7.70. The molecule has 2 aliphatic rings. The molecule has 2 N–H and O–H groups in total. The zero-order valence-electron chi connectivity index (χ0n) is 15.1. The zero-order valence-corrected chi connectivity index (χ0v) is 15.1. The monoisotopic (exact) mass is 365 g/mol. The van der Waals surface area contributed by atoms with Crippen LogP contribution in [0, 0.1) is 0 Å². The Morgan fingerprint density at radius 3 is 2.74 bits per heavy atom. The van der Waals surface area contributed by atoms with Crippen LogP contribution in [0.25, 0.3) is 6.08 Å². The first-order valence-electron chi connectivity index (χ1n) is 9.37. The summed E-state index contributed by atoms with van der Waals surface area (Å²) in [5.41, 5.74) is 2.28. The van der Waals surface area contributed by atoms with Crippen LogP contribution in [0.3, 0.4) is 0 Å². The number of rotatable bonds is 4. The number of hydrogen-bond donors (Lipinski definition) is 2. The van der Waals surface area contributed by atoms with Gasteiger partial charge in [-0.05, 0) is 43.4 Å². The Kier molecular flexibility index (Phi) is 4.96. The van der Waals surface area contributed by atoms with Crippen molar-refractivity contribution in [1.29, 1.82) is 0 Å². The molecule has 6 nitrogen and oxygen atoms in total. The molecule has 1 aromatic carbocycles. The molecular weight excluding hydrogens is 342 g/mol. The zero-order chi connectivity index (χ0) is 18.6. The van der Waals surface area contributed by atoms with Crippen LogP contribution < -0.4 is 15.5 Å². The lowest BCUT2D eigenvalue weighted by Crippen LogP contribution is -2.43. The number of benzene rings is 1. The molecule has 0 atom stereocenters. The molecule has 27 heavy (non-hydrogen) atoms. The van der Waals surface area contributed by atoms with Gasteiger partial charge in [-0.2, -0.15) is 0 Å². The van der Waals surface area contributed by atoms with E-state index < -0.39 is 0 Å². The third kappa shape index (κ3) is 4.78. The number of H-pyrrole nitrogens is 1. The van der Waals surface area contributed by atoms with Crippen molar-refractivity contribution in [3.8, 4) is 11.6 Å². The average molecular weight is 365 g/mol. The largest absolute Gasteiger partial charge is 0.441 e. The number of ether oxygens (including phenoxy) is 1. The molecule has 0 radical (unpaired) electrons. The number of pyridine rings is 1. The highest BCUT2D eigenvalue weighted by Gasteiger charge is 2.27. The number of piperidine rings is 1. The van der Waals surface area contributed by atoms with E-state index in [2.05, 4.69) is 16.4 Å². The third-order valence-electron chi connectivity index (χ3n) is 4.80. The van der Waals surface area contributed by atoms with Crippen molar-refractivity contribution >= 4 is 12.1 Å². The fourth-order valence-corrected chi connectivity index (χ4v) is 3.15. The Balaban J connectivity index is 1.37. The van der Waals surface area contributed by atoms with E-state index in [1.807, 2.05) is 29.2 Å². The van der Waals surface area contributed by atoms with E-state index >= 15 is 0 Å². The molecule has 1 saturated carbocycles. The summed E-state index contributed by atoms with van der Waals surface area (Å²) in [6, 6.07) is 11.1. The standard InChI is InChI=1S/C21H23N3O3/c25-18-6-9-22-20(14-18)27-19-3-1-2-16(13-19)12-15-7-10-24(11-8-15)21(26)23-17-4-5-17/h1-3,6,9,12-14,17H,4-5,7-8,10-11H2,(H,22,25)(H,23,26). The summed E-state index contributed by atoms with van der Waals surface area (Å²) < 4.78 is 5.73. The lowest BCUT2D eigenvalue weighted by Gasteiger charge is -2.28. The van der Waals surface area contributed by atoms with Crippen LogP contribution in [-0.2, 0) is 0 Å². The minimum absolute atomic E-state index is 0.0730. The molecule has 140 valence electrons. The Morgan fingerprint density at radius 2 is 2.00 bits per heavy atom. The highest BCUT2D eigenvalue weighted by Crippen LogP contribution is 2.24. The van der Waals surface area contributed by atoms with Gasteiger partial charge in [0.25, 0.3) is 0 Å². The number of urea groups is 1. The first-order chi connectivity index (χ1) is 13.2. The highest BCUT2D eigenvalue weighted by atomic mass is 16.5. The van der Waals surface area contributed by atoms with E-state index in [1.54, 1.807) is 6.20 Å². The van der Waals surface area contributed by atoms with Gasteiger partial charge in [-0.1, -0.05) is 23.8 Å². The Hall–Kier alpha value is -3.02. The Labute approximate surface area is 157 Å². The maximum absolute atomic E-state index is 12.1. The first kappa shape index (κ1) is 17.4. The molecule has 0 bridgehead atoms. The second-order valence-corrected chi connectivity index (χ2v) is 7.08. The van der Waals surface area contributed by atoms with Gasteiger partial charge >= 0.3 is 6.03 Å². The van der Waals surface area contributed by atoms with Crippen LogP contribution in [-0.4, -0.2) is 35.0 Å². The molecule has 1 aliphatic heterocycles. The number of hydrogen-bond acceptors (Lipinski definition) is 3. The van der Waals surface area contributed by atoms with E-state index in [4.69, 9.17) is 4.74 Å². The lowest BCUT2D eigenvalue weighted by atomic mass is 10.0. The van der Waals surface area contributed by atoms with E-state index in [9.17, 15) is 9.59 Å². The van der Waals surface area contributed by atoms with Crippen molar-refractivity contribution in [2.45, 2.75) is 31.7 Å². The molecule has 0 spiro atoms. The smallest absolute Gasteiger partial charge is 0.317 e. The van der Waals surface area contributed by atoms with E-state index in [0.29, 0.717) is 17.7 Å². The number of likely N-dealkylation sites (tertiary alicyclic amines) is 1. The van der Waals surface area contributed by atoms with Crippen LogP contribution in [0.4, 0.5) is 4.79 Å². The molecule has 6 heteroatoms. The fourth-order valence-electron chi connectivity index (χ4n) is 3.15.